The third kappa shape index (κ3) is 3.98. The minimum atomic E-state index is -0.910. The van der Waals surface area contributed by atoms with Gasteiger partial charge in [-0.15, -0.1) is 0 Å². The van der Waals surface area contributed by atoms with Gasteiger partial charge in [0, 0.05) is 16.6 Å². The van der Waals surface area contributed by atoms with E-state index in [-0.39, 0.29) is 6.54 Å². The lowest BCUT2D eigenvalue weighted by Crippen LogP contribution is -2.30. The molecule has 1 unspecified atom stereocenters. The van der Waals surface area contributed by atoms with Crippen molar-refractivity contribution in [2.45, 2.75) is 6.10 Å². The third-order valence-corrected chi connectivity index (χ3v) is 2.34. The molecule has 88 valence electrons. The molecule has 16 heavy (non-hydrogen) atoms. The highest BCUT2D eigenvalue weighted by molar-refractivity contribution is 6.34. The molecule has 0 aliphatic carbocycles. The Morgan fingerprint density at radius 1 is 1.31 bits per heavy atom. The van der Waals surface area contributed by atoms with Gasteiger partial charge in [0.05, 0.1) is 6.10 Å². The largest absolute Gasteiger partial charge is 0.387 e. The van der Waals surface area contributed by atoms with Crippen LogP contribution in [0.2, 0.25) is 10.0 Å². The number of nitrogens with one attached hydrogen (secondary N) is 1. The maximum Gasteiger partial charge on any atom is 0.245 e. The molecule has 1 rings (SSSR count). The molecule has 3 N–H and O–H groups in total. The molecule has 0 aromatic heterocycles. The summed E-state index contributed by atoms with van der Waals surface area (Å²) < 4.78 is 0. The van der Waals surface area contributed by atoms with E-state index in [0.29, 0.717) is 15.6 Å². The van der Waals surface area contributed by atoms with Crippen LogP contribution in [0.1, 0.15) is 11.7 Å². The Morgan fingerprint density at radius 3 is 2.38 bits per heavy atom. The van der Waals surface area contributed by atoms with E-state index in [1.54, 1.807) is 18.2 Å². The van der Waals surface area contributed by atoms with Crippen LogP contribution in [0.4, 0.5) is 0 Å². The van der Waals surface area contributed by atoms with Gasteiger partial charge in [0.2, 0.25) is 5.91 Å². The van der Waals surface area contributed by atoms with Crippen LogP contribution in [0.15, 0.2) is 18.2 Å². The Kier molecular flexibility index (Phi) is 5.02. The van der Waals surface area contributed by atoms with Crippen LogP contribution in [0.5, 0.6) is 0 Å². The first-order valence-corrected chi connectivity index (χ1v) is 5.30. The molecule has 0 aliphatic rings. The standard InChI is InChI=1S/C10H11Cl2NO3/c11-7-1-6(2-8(12)3-7)9(15)4-13-10(16)5-14/h1-3,9,14-15H,4-5H2,(H,13,16). The minimum Gasteiger partial charge on any atom is -0.387 e. The van der Waals surface area contributed by atoms with Gasteiger partial charge in [-0.2, -0.15) is 0 Å². The van der Waals surface area contributed by atoms with Crippen molar-refractivity contribution in [2.75, 3.05) is 13.2 Å². The summed E-state index contributed by atoms with van der Waals surface area (Å²) in [4.78, 5) is 10.8. The highest BCUT2D eigenvalue weighted by atomic mass is 35.5. The van der Waals surface area contributed by atoms with E-state index < -0.39 is 18.6 Å². The SMILES string of the molecule is O=C(CO)NCC(O)c1cc(Cl)cc(Cl)c1. The fourth-order valence-electron chi connectivity index (χ4n) is 1.15. The number of carbonyl (C=O) groups is 1. The Balaban J connectivity index is 2.65. The van der Waals surface area contributed by atoms with Crippen molar-refractivity contribution in [1.29, 1.82) is 0 Å². The maximum absolute atomic E-state index is 10.8. The first kappa shape index (κ1) is 13.3. The van der Waals surface area contributed by atoms with Gasteiger partial charge in [-0.3, -0.25) is 4.79 Å². The van der Waals surface area contributed by atoms with Crippen LogP contribution in [0.25, 0.3) is 0 Å². The fourth-order valence-corrected chi connectivity index (χ4v) is 1.69. The van der Waals surface area contributed by atoms with E-state index in [9.17, 15) is 9.90 Å². The molecule has 1 amide bonds. The number of hydrogen-bond donors (Lipinski definition) is 3. The highest BCUT2D eigenvalue weighted by Gasteiger charge is 2.10. The molecule has 6 heteroatoms. The van der Waals surface area contributed by atoms with Crippen LogP contribution in [-0.4, -0.2) is 29.3 Å². The van der Waals surface area contributed by atoms with Gasteiger partial charge in [-0.25, -0.2) is 0 Å². The molecule has 0 radical (unpaired) electrons. The number of amides is 1. The first-order valence-electron chi connectivity index (χ1n) is 4.54. The van der Waals surface area contributed by atoms with Crippen molar-refractivity contribution in [3.8, 4) is 0 Å². The van der Waals surface area contributed by atoms with Crippen LogP contribution in [-0.2, 0) is 4.79 Å². The summed E-state index contributed by atoms with van der Waals surface area (Å²) in [5.74, 6) is -0.549. The zero-order valence-electron chi connectivity index (χ0n) is 8.28. The van der Waals surface area contributed by atoms with Crippen molar-refractivity contribution in [1.82, 2.24) is 5.32 Å². The number of halogens is 2. The van der Waals surface area contributed by atoms with Crippen LogP contribution in [0, 0.1) is 0 Å². The molecule has 0 heterocycles. The quantitative estimate of drug-likeness (QED) is 0.763. The Labute approximate surface area is 103 Å². The second-order valence-electron chi connectivity index (χ2n) is 3.18. The molecule has 0 saturated carbocycles. The van der Waals surface area contributed by atoms with Crippen molar-refractivity contribution >= 4 is 29.1 Å². The number of carbonyl (C=O) groups excluding carboxylic acids is 1. The summed E-state index contributed by atoms with van der Waals surface area (Å²) in [5, 5.41) is 21.3. The van der Waals surface area contributed by atoms with Crippen molar-refractivity contribution < 1.29 is 15.0 Å². The Morgan fingerprint density at radius 2 is 1.88 bits per heavy atom. The molecule has 0 fully saturated rings. The molecular weight excluding hydrogens is 253 g/mol. The monoisotopic (exact) mass is 263 g/mol. The van der Waals surface area contributed by atoms with Crippen molar-refractivity contribution in [3.63, 3.8) is 0 Å². The molecule has 1 atom stereocenters. The molecule has 0 bridgehead atoms. The summed E-state index contributed by atoms with van der Waals surface area (Å²) in [7, 11) is 0. The predicted molar refractivity (Wildman–Crippen MR) is 61.5 cm³/mol. The molecular formula is C10H11Cl2NO3. The lowest BCUT2D eigenvalue weighted by molar-refractivity contribution is -0.124. The maximum atomic E-state index is 10.8. The van der Waals surface area contributed by atoms with Crippen molar-refractivity contribution in [2.24, 2.45) is 0 Å². The van der Waals surface area contributed by atoms with E-state index in [4.69, 9.17) is 28.3 Å². The van der Waals surface area contributed by atoms with Crippen LogP contribution >= 0.6 is 23.2 Å². The average molecular weight is 264 g/mol. The van der Waals surface area contributed by atoms with E-state index in [2.05, 4.69) is 5.32 Å². The third-order valence-electron chi connectivity index (χ3n) is 1.91. The minimum absolute atomic E-state index is 0.00390. The second-order valence-corrected chi connectivity index (χ2v) is 4.05. The summed E-state index contributed by atoms with van der Waals surface area (Å²) in [5.41, 5.74) is 0.510. The zero-order valence-corrected chi connectivity index (χ0v) is 9.79. The van der Waals surface area contributed by atoms with E-state index in [1.165, 1.54) is 0 Å². The summed E-state index contributed by atoms with van der Waals surface area (Å²) in [6.45, 7) is -0.612. The van der Waals surface area contributed by atoms with Crippen LogP contribution < -0.4 is 5.32 Å². The zero-order chi connectivity index (χ0) is 12.1. The van der Waals surface area contributed by atoms with E-state index in [1.807, 2.05) is 0 Å². The van der Waals surface area contributed by atoms with Gasteiger partial charge < -0.3 is 15.5 Å². The molecule has 0 aliphatic heterocycles. The van der Waals surface area contributed by atoms with Gasteiger partial charge in [0.15, 0.2) is 0 Å². The van der Waals surface area contributed by atoms with Gasteiger partial charge in [0.1, 0.15) is 6.61 Å². The van der Waals surface area contributed by atoms with Crippen LogP contribution in [0.3, 0.4) is 0 Å². The number of aliphatic hydroxyl groups is 2. The normalized spacial score (nSPS) is 12.2. The van der Waals surface area contributed by atoms with Gasteiger partial charge in [0.25, 0.3) is 0 Å². The molecule has 0 saturated heterocycles. The number of aliphatic hydroxyl groups excluding tert-OH is 2. The van der Waals surface area contributed by atoms with Gasteiger partial charge >= 0.3 is 0 Å². The molecule has 1 aromatic carbocycles. The number of rotatable bonds is 4. The summed E-state index contributed by atoms with van der Waals surface area (Å²) in [6.07, 6.45) is -0.910. The topological polar surface area (TPSA) is 69.6 Å². The number of hydrogen-bond acceptors (Lipinski definition) is 3. The van der Waals surface area contributed by atoms with Crippen molar-refractivity contribution in [3.05, 3.63) is 33.8 Å². The lowest BCUT2D eigenvalue weighted by atomic mass is 10.1. The average Bonchev–Trinajstić information content (AvgIpc) is 2.23. The smallest absolute Gasteiger partial charge is 0.245 e. The highest BCUT2D eigenvalue weighted by Crippen LogP contribution is 2.23. The predicted octanol–water partition coefficient (Wildman–Crippen LogP) is 1.14. The fraction of sp³-hybridized carbons (Fsp3) is 0.300. The molecule has 4 nitrogen and oxygen atoms in total. The first-order chi connectivity index (χ1) is 7.52. The molecule has 1 aromatic rings. The Hall–Kier alpha value is -0.810. The molecule has 0 spiro atoms. The lowest BCUT2D eigenvalue weighted by Gasteiger charge is -2.12. The Bertz CT molecular complexity index is 364. The summed E-state index contributed by atoms with van der Waals surface area (Å²) in [6, 6.07) is 4.66. The van der Waals surface area contributed by atoms with E-state index in [0.717, 1.165) is 0 Å². The van der Waals surface area contributed by atoms with E-state index >= 15 is 0 Å². The number of benzene rings is 1. The summed E-state index contributed by atoms with van der Waals surface area (Å²) >= 11 is 11.5. The van der Waals surface area contributed by atoms with Gasteiger partial charge in [-0.1, -0.05) is 23.2 Å². The second kappa shape index (κ2) is 6.06. The van der Waals surface area contributed by atoms with Gasteiger partial charge in [-0.05, 0) is 23.8 Å².